The van der Waals surface area contributed by atoms with Gasteiger partial charge in [0.15, 0.2) is 5.75 Å². The van der Waals surface area contributed by atoms with Gasteiger partial charge in [0, 0.05) is 6.07 Å². The smallest absolute Gasteiger partial charge is 0.408 e. The zero-order valence-corrected chi connectivity index (χ0v) is 12.8. The predicted molar refractivity (Wildman–Crippen MR) is 75.3 cm³/mol. The largest absolute Gasteiger partial charge is 0.465 e. The number of nitrogens with zero attached hydrogens (tertiary/aromatic N) is 1. The number of aliphatic hydroxyl groups is 1. The summed E-state index contributed by atoms with van der Waals surface area (Å²) in [6.07, 6.45) is 0. The highest BCUT2D eigenvalue weighted by atomic mass is 31.2. The third-order valence-electron chi connectivity index (χ3n) is 2.31. The fraction of sp³-hybridized carbons (Fsp3) is 0.364. The third kappa shape index (κ3) is 6.30. The van der Waals surface area contributed by atoms with E-state index in [1.54, 1.807) is 6.92 Å². The van der Waals surface area contributed by atoms with E-state index >= 15 is 0 Å². The summed E-state index contributed by atoms with van der Waals surface area (Å²) in [6.45, 7) is 1.15. The van der Waals surface area contributed by atoms with Crippen LogP contribution in [0.4, 0.5) is 5.69 Å². The average molecular weight is 350 g/mol. The van der Waals surface area contributed by atoms with Gasteiger partial charge in [0.1, 0.15) is 0 Å². The van der Waals surface area contributed by atoms with E-state index in [1.165, 1.54) is 18.2 Å². The second-order valence-corrected chi connectivity index (χ2v) is 5.80. The highest BCUT2D eigenvalue weighted by Gasteiger charge is 2.33. The number of carbonyl (C=O) groups excluding carboxylic acids is 1. The maximum absolute atomic E-state index is 11.7. The van der Waals surface area contributed by atoms with Gasteiger partial charge in [-0.2, -0.15) is 0 Å². The SMILES string of the molecule is CCOC(=O)CNC(O)P(=O)(O)OOc1cccc([N+](=O)[O-])c1. The standard InChI is InChI=1S/C11H15N2O9P/c1-2-20-10(14)7-12-11(15)23(18,19)22-21-9-5-3-4-8(6-9)13(16)17/h3-6,11-12,15H,2,7H2,1H3,(H,18,19). The summed E-state index contributed by atoms with van der Waals surface area (Å²) in [6, 6.07) is 4.65. The Kier molecular flexibility index (Phi) is 7.07. The Hall–Kier alpha value is -2.04. The summed E-state index contributed by atoms with van der Waals surface area (Å²) in [5.74, 6) is -3.08. The topological polar surface area (TPSA) is 157 Å². The molecule has 0 radical (unpaired) electrons. The van der Waals surface area contributed by atoms with Crippen molar-refractivity contribution in [1.29, 1.82) is 0 Å². The van der Waals surface area contributed by atoms with Crippen LogP contribution in [0.1, 0.15) is 6.92 Å². The molecule has 0 spiro atoms. The Balaban J connectivity index is 2.57. The Labute approximate surface area is 130 Å². The molecular formula is C11H15N2O9P. The van der Waals surface area contributed by atoms with Crippen molar-refractivity contribution in [2.75, 3.05) is 13.2 Å². The van der Waals surface area contributed by atoms with E-state index in [0.29, 0.717) is 0 Å². The van der Waals surface area contributed by atoms with Crippen LogP contribution in [0, 0.1) is 10.1 Å². The number of hydrogen-bond acceptors (Lipinski definition) is 9. The Morgan fingerprint density at radius 2 is 2.22 bits per heavy atom. The number of nitrogens with one attached hydrogen (secondary N) is 1. The molecule has 0 saturated carbocycles. The number of esters is 1. The monoisotopic (exact) mass is 350 g/mol. The summed E-state index contributed by atoms with van der Waals surface area (Å²) in [7, 11) is -4.72. The molecule has 0 aliphatic rings. The van der Waals surface area contributed by atoms with Gasteiger partial charge in [0.05, 0.1) is 24.1 Å². The minimum atomic E-state index is -4.72. The van der Waals surface area contributed by atoms with Crippen molar-refractivity contribution in [1.82, 2.24) is 5.32 Å². The number of benzene rings is 1. The summed E-state index contributed by atoms with van der Waals surface area (Å²) in [4.78, 5) is 34.9. The van der Waals surface area contributed by atoms with E-state index in [2.05, 4.69) is 14.3 Å². The van der Waals surface area contributed by atoms with Crippen LogP contribution in [0.25, 0.3) is 0 Å². The second kappa shape index (κ2) is 8.56. The molecule has 1 aromatic rings. The van der Waals surface area contributed by atoms with Gasteiger partial charge < -0.3 is 19.6 Å². The molecule has 0 fully saturated rings. The van der Waals surface area contributed by atoms with Crippen molar-refractivity contribution < 1.29 is 38.6 Å². The molecule has 3 N–H and O–H groups in total. The molecule has 1 aromatic carbocycles. The molecule has 2 unspecified atom stereocenters. The molecular weight excluding hydrogens is 335 g/mol. The van der Waals surface area contributed by atoms with E-state index in [1.807, 2.05) is 5.32 Å². The van der Waals surface area contributed by atoms with Gasteiger partial charge in [0.25, 0.3) is 5.69 Å². The Morgan fingerprint density at radius 3 is 2.83 bits per heavy atom. The summed E-state index contributed by atoms with van der Waals surface area (Å²) >= 11 is 0. The van der Waals surface area contributed by atoms with Gasteiger partial charge in [-0.3, -0.25) is 24.8 Å². The first-order chi connectivity index (χ1) is 10.8. The highest BCUT2D eigenvalue weighted by Crippen LogP contribution is 2.45. The van der Waals surface area contributed by atoms with Gasteiger partial charge in [-0.05, 0) is 13.0 Å². The predicted octanol–water partition coefficient (Wildman–Crippen LogP) is 0.519. The number of ether oxygens (including phenoxy) is 1. The van der Waals surface area contributed by atoms with Gasteiger partial charge in [-0.15, -0.1) is 0 Å². The van der Waals surface area contributed by atoms with E-state index in [0.717, 1.165) is 6.07 Å². The van der Waals surface area contributed by atoms with Gasteiger partial charge >= 0.3 is 13.6 Å². The number of carbonyl (C=O) groups is 1. The first-order valence-corrected chi connectivity index (χ1v) is 7.91. The molecule has 2 atom stereocenters. The molecule has 11 nitrogen and oxygen atoms in total. The number of nitro groups is 1. The lowest BCUT2D eigenvalue weighted by Gasteiger charge is -2.17. The van der Waals surface area contributed by atoms with Gasteiger partial charge in [0.2, 0.25) is 5.97 Å². The first-order valence-electron chi connectivity index (χ1n) is 6.26. The maximum Gasteiger partial charge on any atom is 0.408 e. The van der Waals surface area contributed by atoms with Crippen molar-refractivity contribution >= 4 is 19.3 Å². The molecule has 0 heterocycles. The molecule has 0 bridgehead atoms. The third-order valence-corrected chi connectivity index (χ3v) is 3.40. The van der Waals surface area contributed by atoms with E-state index in [4.69, 9.17) is 0 Å². The lowest BCUT2D eigenvalue weighted by molar-refractivity contribution is -0.385. The molecule has 0 aliphatic carbocycles. The fourth-order valence-corrected chi connectivity index (χ4v) is 1.88. The fourth-order valence-electron chi connectivity index (χ4n) is 1.29. The Morgan fingerprint density at radius 1 is 1.52 bits per heavy atom. The quantitative estimate of drug-likeness (QED) is 0.143. The zero-order valence-electron chi connectivity index (χ0n) is 11.9. The lowest BCUT2D eigenvalue weighted by atomic mass is 10.3. The Bertz CT molecular complexity index is 609. The van der Waals surface area contributed by atoms with E-state index in [-0.39, 0.29) is 18.0 Å². The number of aliphatic hydroxyl groups excluding tert-OH is 1. The molecule has 0 aromatic heterocycles. The average Bonchev–Trinajstić information content (AvgIpc) is 2.51. The van der Waals surface area contributed by atoms with E-state index < -0.39 is 31.0 Å². The van der Waals surface area contributed by atoms with Crippen molar-refractivity contribution in [3.05, 3.63) is 34.4 Å². The van der Waals surface area contributed by atoms with Crippen LogP contribution in [0.3, 0.4) is 0 Å². The number of nitro benzene ring substituents is 1. The van der Waals surface area contributed by atoms with Crippen molar-refractivity contribution in [3.63, 3.8) is 0 Å². The second-order valence-electron chi connectivity index (χ2n) is 4.04. The first kappa shape index (κ1) is 19.0. The van der Waals surface area contributed by atoms with Crippen LogP contribution in [0.15, 0.2) is 24.3 Å². The van der Waals surface area contributed by atoms with Crippen molar-refractivity contribution in [2.45, 2.75) is 12.9 Å². The lowest BCUT2D eigenvalue weighted by Crippen LogP contribution is -2.34. The molecule has 128 valence electrons. The van der Waals surface area contributed by atoms with Crippen LogP contribution in [-0.2, 0) is 18.8 Å². The van der Waals surface area contributed by atoms with Crippen molar-refractivity contribution in [2.24, 2.45) is 0 Å². The van der Waals surface area contributed by atoms with E-state index in [9.17, 15) is 29.5 Å². The van der Waals surface area contributed by atoms with Crippen LogP contribution >= 0.6 is 7.60 Å². The van der Waals surface area contributed by atoms with Gasteiger partial charge in [-0.25, -0.2) is 0 Å². The minimum absolute atomic E-state index is 0.111. The maximum atomic E-state index is 11.7. The molecule has 0 aliphatic heterocycles. The minimum Gasteiger partial charge on any atom is -0.465 e. The van der Waals surface area contributed by atoms with Crippen LogP contribution in [-0.4, -0.2) is 40.0 Å². The number of non-ortho nitro benzene ring substituents is 1. The van der Waals surface area contributed by atoms with Crippen LogP contribution < -0.4 is 10.2 Å². The zero-order chi connectivity index (χ0) is 17.5. The normalized spacial score (nSPS) is 14.6. The molecule has 23 heavy (non-hydrogen) atoms. The number of hydrogen-bond donors (Lipinski definition) is 3. The summed E-state index contributed by atoms with van der Waals surface area (Å²) < 4.78 is 20.5. The van der Waals surface area contributed by atoms with Crippen LogP contribution in [0.2, 0.25) is 0 Å². The summed E-state index contributed by atoms with van der Waals surface area (Å²) in [5, 5.41) is 22.1. The molecule has 1 rings (SSSR count). The molecule has 12 heteroatoms. The summed E-state index contributed by atoms with van der Waals surface area (Å²) in [5.41, 5.74) is -0.320. The van der Waals surface area contributed by atoms with Crippen LogP contribution in [0.5, 0.6) is 5.75 Å². The molecule has 0 amide bonds. The highest BCUT2D eigenvalue weighted by molar-refractivity contribution is 7.53. The van der Waals surface area contributed by atoms with Gasteiger partial charge in [-0.1, -0.05) is 10.7 Å². The number of rotatable bonds is 9. The van der Waals surface area contributed by atoms with Crippen molar-refractivity contribution in [3.8, 4) is 5.75 Å². The molecule has 0 saturated heterocycles.